The Bertz CT molecular complexity index is 135. The van der Waals surface area contributed by atoms with E-state index in [4.69, 9.17) is 29.4 Å². The van der Waals surface area contributed by atoms with Crippen LogP contribution in [0.25, 0.3) is 0 Å². The molecule has 7 heteroatoms. The molecule has 0 unspecified atom stereocenters. The zero-order valence-electron chi connectivity index (χ0n) is 5.09. The molecule has 0 bridgehead atoms. The normalized spacial score (nSPS) is 5.82. The largest absolute Gasteiger partial charge is 0.476 e. The second-order valence-corrected chi connectivity index (χ2v) is 0.912. The maximum Gasteiger partial charge on any atom is 0.368 e. The fourth-order valence-electron chi connectivity index (χ4n) is 0. The average Bonchev–Trinajstić information content (AvgIpc) is 1.89. The topological polar surface area (TPSA) is 109 Å². The van der Waals surface area contributed by atoms with Gasteiger partial charge in [-0.2, -0.15) is 0 Å². The zero-order chi connectivity index (χ0) is 8.57. The maximum atomic E-state index is 9.00. The van der Waals surface area contributed by atoms with Crippen molar-refractivity contribution in [2.75, 3.05) is 0 Å². The van der Waals surface area contributed by atoms with E-state index in [0.717, 1.165) is 0 Å². The Hall–Kier alpha value is -1.19. The third-order valence-electron chi connectivity index (χ3n) is 0.202. The van der Waals surface area contributed by atoms with Crippen molar-refractivity contribution < 1.29 is 46.8 Å². The molecule has 2 N–H and O–H groups in total. The van der Waals surface area contributed by atoms with Gasteiger partial charge in [-0.3, -0.25) is 9.59 Å². The van der Waals surface area contributed by atoms with Crippen LogP contribution in [0, 0.1) is 0 Å². The van der Waals surface area contributed by atoms with Crippen molar-refractivity contribution in [3.63, 3.8) is 0 Å². The number of aliphatic carboxylic acids is 2. The summed E-state index contributed by atoms with van der Waals surface area (Å²) in [6.45, 7) is 0. The Balaban J connectivity index is -0.000000107. The van der Waals surface area contributed by atoms with E-state index in [9.17, 15) is 0 Å². The molecule has 0 aliphatic carbocycles. The molecule has 0 aromatic carbocycles. The minimum absolute atomic E-state index is 0. The molecule has 0 atom stereocenters. The minimum Gasteiger partial charge on any atom is -0.476 e. The summed E-state index contributed by atoms with van der Waals surface area (Å²) in [6.07, 6.45) is -0.333. The Labute approximate surface area is 71.9 Å². The second-order valence-electron chi connectivity index (χ2n) is 0.912. The van der Waals surface area contributed by atoms with E-state index >= 15 is 0 Å². The zero-order valence-corrected chi connectivity index (χ0v) is 6.37. The number of rotatable bonds is 2. The molecule has 0 aromatic heterocycles. The van der Waals surface area contributed by atoms with Crippen molar-refractivity contribution in [2.24, 2.45) is 0 Å². The summed E-state index contributed by atoms with van der Waals surface area (Å²) >= 11 is 0. The first-order valence-corrected chi connectivity index (χ1v) is 1.90. The van der Waals surface area contributed by atoms with Gasteiger partial charge in [0.25, 0.3) is 0 Å². The van der Waals surface area contributed by atoms with Crippen LogP contribution in [-0.4, -0.2) is 34.7 Å². The van der Waals surface area contributed by atoms with Gasteiger partial charge in [-0.25, -0.2) is 9.59 Å². The number of carbonyl (C=O) groups is 4. The number of carboxylic acid groups (broad SMARTS) is 2. The smallest absolute Gasteiger partial charge is 0.368 e. The van der Waals surface area contributed by atoms with Crippen molar-refractivity contribution in [1.82, 2.24) is 0 Å². The summed E-state index contributed by atoms with van der Waals surface area (Å²) in [6, 6.07) is 0. The first-order valence-electron chi connectivity index (χ1n) is 1.90. The maximum absolute atomic E-state index is 9.00. The molecule has 0 heterocycles. The number of hydrogen-bond donors (Lipinski definition) is 2. The van der Waals surface area contributed by atoms with Crippen molar-refractivity contribution >= 4 is 24.5 Å². The number of carbonyl (C=O) groups excluding carboxylic acids is 2. The van der Waals surface area contributed by atoms with Crippen LogP contribution in [0.5, 0.6) is 0 Å². The molecule has 0 saturated heterocycles. The van der Waals surface area contributed by atoms with Crippen LogP contribution in [0.1, 0.15) is 0 Å². The predicted molar refractivity (Wildman–Crippen MR) is 27.4 cm³/mol. The Morgan fingerprint density at radius 2 is 1.00 bits per heavy atom. The summed E-state index contributed by atoms with van der Waals surface area (Å²) < 4.78 is 0. The molecule has 11 heavy (non-hydrogen) atoms. The SMILES string of the molecule is O=CC(=O)O.O=CC(=O)O.[Cr]. The third-order valence-corrected chi connectivity index (χ3v) is 0.202. The van der Waals surface area contributed by atoms with Gasteiger partial charge >= 0.3 is 11.9 Å². The molecule has 0 amide bonds. The van der Waals surface area contributed by atoms with Gasteiger partial charge in [0.15, 0.2) is 0 Å². The summed E-state index contributed by atoms with van der Waals surface area (Å²) in [4.78, 5) is 35.8. The summed E-state index contributed by atoms with van der Waals surface area (Å²) in [7, 11) is 0. The standard InChI is InChI=1S/2C2H2O3.Cr/c2*3-1-2(4)5;/h2*1H,(H,4,5);. The van der Waals surface area contributed by atoms with Gasteiger partial charge in [-0.1, -0.05) is 0 Å². The Morgan fingerprint density at radius 1 is 0.909 bits per heavy atom. The molecule has 0 spiro atoms. The predicted octanol–water partition coefficient (Wildman–Crippen LogP) is -1.46. The van der Waals surface area contributed by atoms with Gasteiger partial charge in [0.05, 0.1) is 0 Å². The Kier molecular flexibility index (Phi) is 17.3. The first kappa shape index (κ1) is 16.4. The van der Waals surface area contributed by atoms with E-state index < -0.39 is 11.9 Å². The number of hydrogen-bond acceptors (Lipinski definition) is 4. The van der Waals surface area contributed by atoms with Crippen LogP contribution < -0.4 is 0 Å². The van der Waals surface area contributed by atoms with E-state index in [1.54, 1.807) is 0 Å². The fraction of sp³-hybridized carbons (Fsp3) is 0. The first-order chi connectivity index (χ1) is 4.54. The van der Waals surface area contributed by atoms with Gasteiger partial charge in [0.2, 0.25) is 12.6 Å². The van der Waals surface area contributed by atoms with Crippen LogP contribution in [-0.2, 0) is 36.5 Å². The summed E-state index contributed by atoms with van der Waals surface area (Å²) in [5, 5.41) is 14.7. The summed E-state index contributed by atoms with van der Waals surface area (Å²) in [5.41, 5.74) is 0. The van der Waals surface area contributed by atoms with Crippen molar-refractivity contribution in [1.29, 1.82) is 0 Å². The molecular formula is C4H4CrO6. The average molecular weight is 200 g/mol. The van der Waals surface area contributed by atoms with Crippen LogP contribution >= 0.6 is 0 Å². The quantitative estimate of drug-likeness (QED) is 0.416. The number of carboxylic acids is 2. The van der Waals surface area contributed by atoms with E-state index in [1.807, 2.05) is 0 Å². The van der Waals surface area contributed by atoms with E-state index in [2.05, 4.69) is 0 Å². The molecular weight excluding hydrogens is 196 g/mol. The molecule has 62 valence electrons. The van der Waals surface area contributed by atoms with Crippen molar-refractivity contribution in [3.05, 3.63) is 0 Å². The van der Waals surface area contributed by atoms with E-state index in [1.165, 1.54) is 0 Å². The minimum atomic E-state index is -1.43. The van der Waals surface area contributed by atoms with Gasteiger partial charge in [-0.15, -0.1) is 0 Å². The molecule has 0 aromatic rings. The van der Waals surface area contributed by atoms with Gasteiger partial charge in [0.1, 0.15) is 0 Å². The molecule has 6 nitrogen and oxygen atoms in total. The molecule has 0 fully saturated rings. The molecule has 0 rings (SSSR count). The van der Waals surface area contributed by atoms with E-state index in [-0.39, 0.29) is 29.9 Å². The fourth-order valence-corrected chi connectivity index (χ4v) is 0. The van der Waals surface area contributed by atoms with Crippen LogP contribution in [0.4, 0.5) is 0 Å². The monoisotopic (exact) mass is 200 g/mol. The van der Waals surface area contributed by atoms with Crippen LogP contribution in [0.15, 0.2) is 0 Å². The van der Waals surface area contributed by atoms with Gasteiger partial charge in [-0.05, 0) is 0 Å². The summed E-state index contributed by atoms with van der Waals surface area (Å²) in [5.74, 6) is -2.85. The van der Waals surface area contributed by atoms with E-state index in [0.29, 0.717) is 0 Å². The molecule has 0 aliphatic rings. The molecule has 0 saturated carbocycles. The van der Waals surface area contributed by atoms with Gasteiger partial charge in [0, 0.05) is 17.4 Å². The molecule has 0 aliphatic heterocycles. The number of aldehydes is 2. The van der Waals surface area contributed by atoms with Crippen LogP contribution in [0.2, 0.25) is 0 Å². The van der Waals surface area contributed by atoms with Crippen LogP contribution in [0.3, 0.4) is 0 Å². The Morgan fingerprint density at radius 3 is 1.00 bits per heavy atom. The van der Waals surface area contributed by atoms with Crippen molar-refractivity contribution in [3.8, 4) is 0 Å². The molecule has 0 radical (unpaired) electrons. The van der Waals surface area contributed by atoms with Crippen molar-refractivity contribution in [2.45, 2.75) is 0 Å². The third kappa shape index (κ3) is 51.7. The van der Waals surface area contributed by atoms with Gasteiger partial charge < -0.3 is 10.2 Å². The second kappa shape index (κ2) is 11.6.